The number of aromatic nitrogens is 4. The molecule has 0 atom stereocenters. The predicted molar refractivity (Wildman–Crippen MR) is 226 cm³/mol. The summed E-state index contributed by atoms with van der Waals surface area (Å²) in [5.74, 6) is 1.96. The van der Waals surface area contributed by atoms with E-state index >= 15 is 0 Å². The molecular formula is C51H38N4. The number of hydrogen-bond acceptors (Lipinski definition) is 3. The molecule has 7 aromatic carbocycles. The van der Waals surface area contributed by atoms with Gasteiger partial charge in [0.25, 0.3) is 0 Å². The average Bonchev–Trinajstić information content (AvgIpc) is 3.78. The molecule has 0 saturated carbocycles. The van der Waals surface area contributed by atoms with Crippen molar-refractivity contribution in [1.29, 1.82) is 0 Å². The van der Waals surface area contributed by atoms with Gasteiger partial charge in [-0.3, -0.25) is 0 Å². The van der Waals surface area contributed by atoms with Crippen molar-refractivity contribution in [3.63, 3.8) is 0 Å². The molecule has 4 heteroatoms. The summed E-state index contributed by atoms with van der Waals surface area (Å²) >= 11 is 0. The lowest BCUT2D eigenvalue weighted by molar-refractivity contribution is 0.651. The molecule has 0 unspecified atom stereocenters. The van der Waals surface area contributed by atoms with E-state index in [4.69, 9.17) is 15.0 Å². The van der Waals surface area contributed by atoms with E-state index in [1.807, 2.05) is 60.7 Å². The Balaban J connectivity index is 1.19. The number of fused-ring (bicyclic) bond motifs is 12. The molecule has 11 rings (SSSR count). The Kier molecular flexibility index (Phi) is 6.61. The van der Waals surface area contributed by atoms with E-state index in [0.717, 1.165) is 22.4 Å². The molecule has 0 aliphatic heterocycles. The standard InChI is InChI=1S/C51H38N4/c1-50(2)38-24-14-11-21-35(38)41-44-42(36-22-12-15-25-39(36)51(44,3)4)46-43(45(41)50)37-23-13-16-26-40(37)55(46)34-29-27-33(28-30-34)49-53-47(31-17-7-5-8-18-31)52-48(54-49)32-19-9-6-10-20-32/h5-30H,1-4H3. The predicted octanol–water partition coefficient (Wildman–Crippen LogP) is 12.6. The van der Waals surface area contributed by atoms with E-state index in [-0.39, 0.29) is 10.8 Å². The highest BCUT2D eigenvalue weighted by Crippen LogP contribution is 2.63. The van der Waals surface area contributed by atoms with Crippen LogP contribution in [0, 0.1) is 0 Å². The summed E-state index contributed by atoms with van der Waals surface area (Å²) in [6.45, 7) is 9.67. The van der Waals surface area contributed by atoms with Crippen LogP contribution in [0.3, 0.4) is 0 Å². The third kappa shape index (κ3) is 4.42. The zero-order valence-corrected chi connectivity index (χ0v) is 31.3. The van der Waals surface area contributed by atoms with Crippen LogP contribution >= 0.6 is 0 Å². The number of nitrogens with zero attached hydrogens (tertiary/aromatic N) is 4. The molecule has 9 aromatic rings. The van der Waals surface area contributed by atoms with Crippen LogP contribution in [-0.4, -0.2) is 19.5 Å². The fourth-order valence-electron chi connectivity index (χ4n) is 9.73. The highest BCUT2D eigenvalue weighted by molar-refractivity contribution is 6.21. The van der Waals surface area contributed by atoms with Gasteiger partial charge in [-0.05, 0) is 69.3 Å². The molecule has 0 amide bonds. The molecule has 2 aliphatic carbocycles. The van der Waals surface area contributed by atoms with Crippen molar-refractivity contribution in [2.45, 2.75) is 38.5 Å². The van der Waals surface area contributed by atoms with E-state index < -0.39 is 0 Å². The van der Waals surface area contributed by atoms with Crippen LogP contribution in [0.1, 0.15) is 49.9 Å². The Morgan fingerprint density at radius 3 is 1.45 bits per heavy atom. The van der Waals surface area contributed by atoms with Crippen LogP contribution in [0.25, 0.3) is 83.9 Å². The monoisotopic (exact) mass is 706 g/mol. The minimum atomic E-state index is -0.186. The Morgan fingerprint density at radius 2 is 0.873 bits per heavy atom. The number of rotatable bonds is 4. The van der Waals surface area contributed by atoms with Crippen molar-refractivity contribution in [3.8, 4) is 62.1 Å². The summed E-state index contributed by atoms with van der Waals surface area (Å²) in [4.78, 5) is 15.0. The van der Waals surface area contributed by atoms with Crippen LogP contribution in [0.4, 0.5) is 0 Å². The third-order valence-electron chi connectivity index (χ3n) is 12.2. The van der Waals surface area contributed by atoms with Crippen LogP contribution in [-0.2, 0) is 10.8 Å². The van der Waals surface area contributed by atoms with Gasteiger partial charge in [-0.1, -0.05) is 155 Å². The van der Waals surface area contributed by atoms with Gasteiger partial charge < -0.3 is 4.57 Å². The summed E-state index contributed by atoms with van der Waals surface area (Å²) in [6, 6.07) is 56.3. The van der Waals surface area contributed by atoms with Crippen LogP contribution in [0.5, 0.6) is 0 Å². The van der Waals surface area contributed by atoms with Gasteiger partial charge in [-0.15, -0.1) is 0 Å². The molecule has 0 saturated heterocycles. The third-order valence-corrected chi connectivity index (χ3v) is 12.2. The first-order valence-corrected chi connectivity index (χ1v) is 19.1. The maximum absolute atomic E-state index is 5.03. The summed E-state index contributed by atoms with van der Waals surface area (Å²) in [5, 5.41) is 2.63. The molecule has 0 spiro atoms. The first-order chi connectivity index (χ1) is 26.8. The lowest BCUT2D eigenvalue weighted by Crippen LogP contribution is -2.19. The second-order valence-corrected chi connectivity index (χ2v) is 16.0. The molecule has 262 valence electrons. The highest BCUT2D eigenvalue weighted by Gasteiger charge is 2.47. The van der Waals surface area contributed by atoms with Crippen LogP contribution in [0.15, 0.2) is 158 Å². The molecule has 2 aromatic heterocycles. The van der Waals surface area contributed by atoms with Crippen molar-refractivity contribution in [3.05, 3.63) is 180 Å². The quantitative estimate of drug-likeness (QED) is 0.183. The first kappa shape index (κ1) is 31.8. The summed E-state index contributed by atoms with van der Waals surface area (Å²) < 4.78 is 2.52. The van der Waals surface area contributed by atoms with E-state index in [9.17, 15) is 0 Å². The van der Waals surface area contributed by atoms with E-state index in [1.54, 1.807) is 0 Å². The zero-order valence-electron chi connectivity index (χ0n) is 31.3. The van der Waals surface area contributed by atoms with Gasteiger partial charge in [-0.2, -0.15) is 0 Å². The van der Waals surface area contributed by atoms with Gasteiger partial charge in [0, 0.05) is 49.5 Å². The number of para-hydroxylation sites is 1. The van der Waals surface area contributed by atoms with Crippen molar-refractivity contribution >= 4 is 21.8 Å². The molecule has 0 fully saturated rings. The van der Waals surface area contributed by atoms with Crippen LogP contribution < -0.4 is 0 Å². The number of benzene rings is 7. The fourth-order valence-corrected chi connectivity index (χ4v) is 9.73. The second-order valence-electron chi connectivity index (χ2n) is 16.0. The maximum Gasteiger partial charge on any atom is 0.164 e. The first-order valence-electron chi connectivity index (χ1n) is 19.1. The molecule has 55 heavy (non-hydrogen) atoms. The molecule has 2 heterocycles. The lowest BCUT2D eigenvalue weighted by atomic mass is 9.75. The van der Waals surface area contributed by atoms with Gasteiger partial charge in [0.1, 0.15) is 0 Å². The molecule has 0 radical (unpaired) electrons. The smallest absolute Gasteiger partial charge is 0.164 e. The zero-order chi connectivity index (χ0) is 37.1. The van der Waals surface area contributed by atoms with Crippen molar-refractivity contribution < 1.29 is 0 Å². The lowest BCUT2D eigenvalue weighted by Gasteiger charge is -2.27. The minimum absolute atomic E-state index is 0.186. The Labute approximate surface area is 320 Å². The fraction of sp³-hybridized carbons (Fsp3) is 0.118. The van der Waals surface area contributed by atoms with Crippen molar-refractivity contribution in [2.75, 3.05) is 0 Å². The SMILES string of the molecule is CC1(C)c2ccccc2-c2c1c1c(c3c4ccccc4n(-c4ccc(-c5nc(-c6ccccc6)nc(-c6ccccc6)n5)cc4)c23)C(C)(C)c2ccccc2-1. The van der Waals surface area contributed by atoms with Crippen molar-refractivity contribution in [1.82, 2.24) is 19.5 Å². The maximum atomic E-state index is 5.03. The van der Waals surface area contributed by atoms with Gasteiger partial charge in [0.2, 0.25) is 0 Å². The minimum Gasteiger partial charge on any atom is -0.309 e. The summed E-state index contributed by atoms with van der Waals surface area (Å²) in [6.07, 6.45) is 0. The van der Waals surface area contributed by atoms with Crippen molar-refractivity contribution in [2.24, 2.45) is 0 Å². The largest absolute Gasteiger partial charge is 0.309 e. The summed E-state index contributed by atoms with van der Waals surface area (Å²) in [7, 11) is 0. The highest BCUT2D eigenvalue weighted by atomic mass is 15.0. The van der Waals surface area contributed by atoms with Gasteiger partial charge >= 0.3 is 0 Å². The Hall–Kier alpha value is -6.65. The average molecular weight is 707 g/mol. The van der Waals surface area contributed by atoms with E-state index in [0.29, 0.717) is 17.5 Å². The Bertz CT molecular complexity index is 2950. The van der Waals surface area contributed by atoms with Gasteiger partial charge in [-0.25, -0.2) is 15.0 Å². The second kappa shape index (κ2) is 11.4. The van der Waals surface area contributed by atoms with Gasteiger partial charge in [0.15, 0.2) is 17.5 Å². The normalized spacial score (nSPS) is 14.5. The molecule has 4 nitrogen and oxygen atoms in total. The topological polar surface area (TPSA) is 43.6 Å². The molecular weight excluding hydrogens is 669 g/mol. The number of hydrogen-bond donors (Lipinski definition) is 0. The molecule has 0 N–H and O–H groups in total. The molecule has 0 bridgehead atoms. The van der Waals surface area contributed by atoms with E-state index in [1.165, 1.54) is 66.3 Å². The van der Waals surface area contributed by atoms with Crippen LogP contribution in [0.2, 0.25) is 0 Å². The molecule has 2 aliphatic rings. The van der Waals surface area contributed by atoms with E-state index in [2.05, 4.69) is 129 Å². The Morgan fingerprint density at radius 1 is 0.418 bits per heavy atom. The van der Waals surface area contributed by atoms with Gasteiger partial charge in [0.05, 0.1) is 11.0 Å². The summed E-state index contributed by atoms with van der Waals surface area (Å²) in [5.41, 5.74) is 17.2.